The lowest BCUT2D eigenvalue weighted by Crippen LogP contribution is -2.33. The Bertz CT molecular complexity index is 432. The van der Waals surface area contributed by atoms with Crippen molar-refractivity contribution in [1.82, 2.24) is 9.97 Å². The van der Waals surface area contributed by atoms with E-state index in [0.717, 1.165) is 37.0 Å². The van der Waals surface area contributed by atoms with Gasteiger partial charge in [-0.05, 0) is 40.0 Å². The van der Waals surface area contributed by atoms with Gasteiger partial charge < -0.3 is 15.3 Å². The first-order valence-corrected chi connectivity index (χ1v) is 7.66. The normalized spacial score (nSPS) is 14.7. The fraction of sp³-hybridized carbons (Fsp3) is 0.733. The summed E-state index contributed by atoms with van der Waals surface area (Å²) in [6.07, 6.45) is 3.16. The highest BCUT2D eigenvalue weighted by Gasteiger charge is 2.28. The van der Waals surface area contributed by atoms with Crippen molar-refractivity contribution in [3.63, 3.8) is 0 Å². The van der Waals surface area contributed by atoms with Crippen LogP contribution in [0.1, 0.15) is 51.8 Å². The van der Waals surface area contributed by atoms with Crippen molar-refractivity contribution in [3.8, 4) is 0 Å². The zero-order chi connectivity index (χ0) is 14.5. The largest absolute Gasteiger partial charge is 0.396 e. The first-order chi connectivity index (χ1) is 9.65. The van der Waals surface area contributed by atoms with Crippen LogP contribution < -0.4 is 10.2 Å². The van der Waals surface area contributed by atoms with Crippen LogP contribution in [0.25, 0.3) is 0 Å². The van der Waals surface area contributed by atoms with Crippen molar-refractivity contribution in [2.24, 2.45) is 0 Å². The van der Waals surface area contributed by atoms with E-state index in [0.29, 0.717) is 12.0 Å². The number of aliphatic hydroxyl groups is 1. The highest BCUT2D eigenvalue weighted by atomic mass is 16.3. The van der Waals surface area contributed by atoms with Crippen LogP contribution in [0, 0.1) is 0 Å². The maximum absolute atomic E-state index is 9.06. The molecule has 1 aromatic heterocycles. The number of hydrogen-bond acceptors (Lipinski definition) is 5. The van der Waals surface area contributed by atoms with Gasteiger partial charge in [0.05, 0.1) is 0 Å². The van der Waals surface area contributed by atoms with Gasteiger partial charge in [-0.3, -0.25) is 0 Å². The zero-order valence-electron chi connectivity index (χ0n) is 12.8. The van der Waals surface area contributed by atoms with E-state index in [1.807, 2.05) is 6.07 Å². The Hall–Kier alpha value is -1.36. The van der Waals surface area contributed by atoms with Gasteiger partial charge in [0.2, 0.25) is 0 Å². The fourth-order valence-electron chi connectivity index (χ4n) is 2.27. The van der Waals surface area contributed by atoms with Crippen LogP contribution in [0.3, 0.4) is 0 Å². The Labute approximate surface area is 121 Å². The molecule has 0 unspecified atom stereocenters. The van der Waals surface area contributed by atoms with E-state index >= 15 is 0 Å². The van der Waals surface area contributed by atoms with Crippen molar-refractivity contribution in [3.05, 3.63) is 11.9 Å². The highest BCUT2D eigenvalue weighted by molar-refractivity contribution is 5.50. The van der Waals surface area contributed by atoms with E-state index in [1.54, 1.807) is 0 Å². The summed E-state index contributed by atoms with van der Waals surface area (Å²) in [7, 11) is 0. The Morgan fingerprint density at radius 3 is 2.70 bits per heavy atom. The van der Waals surface area contributed by atoms with E-state index in [-0.39, 0.29) is 6.61 Å². The van der Waals surface area contributed by atoms with Crippen LogP contribution in [0.2, 0.25) is 0 Å². The minimum Gasteiger partial charge on any atom is -0.396 e. The number of aliphatic hydroxyl groups excluding tert-OH is 1. The standard InChI is InChI=1S/C15H26N4O/c1-4-16-13-10-14(18-15(17-13)12-6-7-12)19(11(2)3)8-5-9-20/h10-12,20H,4-9H2,1-3H3,(H,16,17,18). The number of aromatic nitrogens is 2. The van der Waals surface area contributed by atoms with Gasteiger partial charge in [0.15, 0.2) is 0 Å². The molecule has 1 saturated carbocycles. The molecule has 0 saturated heterocycles. The lowest BCUT2D eigenvalue weighted by Gasteiger charge is -2.28. The molecule has 1 aliphatic rings. The summed E-state index contributed by atoms with van der Waals surface area (Å²) in [6.45, 7) is 8.28. The summed E-state index contributed by atoms with van der Waals surface area (Å²) in [5.74, 6) is 3.39. The first kappa shape index (κ1) is 15.0. The maximum Gasteiger partial charge on any atom is 0.136 e. The summed E-state index contributed by atoms with van der Waals surface area (Å²) in [5, 5.41) is 12.4. The Morgan fingerprint density at radius 1 is 1.40 bits per heavy atom. The fourth-order valence-corrected chi connectivity index (χ4v) is 2.27. The van der Waals surface area contributed by atoms with Crippen LogP contribution in [0.4, 0.5) is 11.6 Å². The average molecular weight is 278 g/mol. The number of rotatable bonds is 8. The molecule has 2 rings (SSSR count). The maximum atomic E-state index is 9.06. The molecule has 0 amide bonds. The number of nitrogens with zero attached hydrogens (tertiary/aromatic N) is 3. The van der Waals surface area contributed by atoms with Crippen molar-refractivity contribution >= 4 is 11.6 Å². The van der Waals surface area contributed by atoms with Crippen LogP contribution in [-0.2, 0) is 0 Å². The molecule has 1 heterocycles. The molecular formula is C15H26N4O. The molecule has 0 aromatic carbocycles. The van der Waals surface area contributed by atoms with Crippen LogP contribution in [0.5, 0.6) is 0 Å². The Balaban J connectivity index is 2.26. The summed E-state index contributed by atoms with van der Waals surface area (Å²) in [4.78, 5) is 11.6. The van der Waals surface area contributed by atoms with Gasteiger partial charge in [-0.1, -0.05) is 0 Å². The first-order valence-electron chi connectivity index (χ1n) is 7.66. The number of nitrogens with one attached hydrogen (secondary N) is 1. The molecule has 5 nitrogen and oxygen atoms in total. The second-order valence-corrected chi connectivity index (χ2v) is 5.64. The molecule has 1 fully saturated rings. The molecule has 0 aliphatic heterocycles. The third-order valence-corrected chi connectivity index (χ3v) is 3.51. The summed E-state index contributed by atoms with van der Waals surface area (Å²) in [6, 6.07) is 2.38. The van der Waals surface area contributed by atoms with Crippen molar-refractivity contribution in [1.29, 1.82) is 0 Å². The number of anilines is 2. The molecule has 0 spiro atoms. The molecule has 0 bridgehead atoms. The number of hydrogen-bond donors (Lipinski definition) is 2. The average Bonchev–Trinajstić information content (AvgIpc) is 3.23. The third kappa shape index (κ3) is 3.82. The molecule has 20 heavy (non-hydrogen) atoms. The van der Waals surface area contributed by atoms with Crippen LogP contribution in [0.15, 0.2) is 6.07 Å². The van der Waals surface area contributed by atoms with E-state index in [1.165, 1.54) is 12.8 Å². The second kappa shape index (κ2) is 6.88. The molecule has 1 aromatic rings. The van der Waals surface area contributed by atoms with Gasteiger partial charge in [0.1, 0.15) is 17.5 Å². The quantitative estimate of drug-likeness (QED) is 0.764. The van der Waals surface area contributed by atoms with Crippen LogP contribution in [-0.4, -0.2) is 40.8 Å². The van der Waals surface area contributed by atoms with Crippen LogP contribution >= 0.6 is 0 Å². The van der Waals surface area contributed by atoms with Gasteiger partial charge in [-0.2, -0.15) is 0 Å². The molecule has 2 N–H and O–H groups in total. The van der Waals surface area contributed by atoms with E-state index in [2.05, 4.69) is 36.0 Å². The molecule has 0 atom stereocenters. The summed E-state index contributed by atoms with van der Waals surface area (Å²) in [5.41, 5.74) is 0. The van der Waals surface area contributed by atoms with Gasteiger partial charge in [-0.15, -0.1) is 0 Å². The van der Waals surface area contributed by atoms with Crippen molar-refractivity contribution < 1.29 is 5.11 Å². The van der Waals surface area contributed by atoms with E-state index < -0.39 is 0 Å². The highest BCUT2D eigenvalue weighted by Crippen LogP contribution is 2.39. The van der Waals surface area contributed by atoms with E-state index in [4.69, 9.17) is 10.1 Å². The molecule has 0 radical (unpaired) electrons. The summed E-state index contributed by atoms with van der Waals surface area (Å²) < 4.78 is 0. The minimum absolute atomic E-state index is 0.212. The lowest BCUT2D eigenvalue weighted by molar-refractivity contribution is 0.288. The Kier molecular flexibility index (Phi) is 5.17. The smallest absolute Gasteiger partial charge is 0.136 e. The van der Waals surface area contributed by atoms with Gasteiger partial charge in [0.25, 0.3) is 0 Å². The predicted octanol–water partition coefficient (Wildman–Crippen LogP) is 2.38. The molecule has 1 aliphatic carbocycles. The molecule has 112 valence electrons. The third-order valence-electron chi connectivity index (χ3n) is 3.51. The SMILES string of the molecule is CCNc1cc(N(CCCO)C(C)C)nc(C2CC2)n1. The van der Waals surface area contributed by atoms with Gasteiger partial charge >= 0.3 is 0 Å². The minimum atomic E-state index is 0.212. The topological polar surface area (TPSA) is 61.3 Å². The zero-order valence-corrected chi connectivity index (χ0v) is 12.8. The van der Waals surface area contributed by atoms with E-state index in [9.17, 15) is 0 Å². The van der Waals surface area contributed by atoms with Crippen molar-refractivity contribution in [2.75, 3.05) is 29.9 Å². The second-order valence-electron chi connectivity index (χ2n) is 5.64. The molecular weight excluding hydrogens is 252 g/mol. The van der Waals surface area contributed by atoms with Crippen molar-refractivity contribution in [2.45, 2.75) is 52.0 Å². The van der Waals surface area contributed by atoms with Gasteiger partial charge in [0, 0.05) is 37.7 Å². The summed E-state index contributed by atoms with van der Waals surface area (Å²) >= 11 is 0. The predicted molar refractivity (Wildman–Crippen MR) is 82.4 cm³/mol. The monoisotopic (exact) mass is 278 g/mol. The van der Waals surface area contributed by atoms with Gasteiger partial charge in [-0.25, -0.2) is 9.97 Å². The lowest BCUT2D eigenvalue weighted by atomic mass is 10.2. The molecule has 5 heteroatoms. The Morgan fingerprint density at radius 2 is 2.15 bits per heavy atom.